The van der Waals surface area contributed by atoms with Crippen LogP contribution in [-0.2, 0) is 6.42 Å². The zero-order valence-corrected chi connectivity index (χ0v) is 11.9. The van der Waals surface area contributed by atoms with Crippen LogP contribution in [-0.4, -0.2) is 61.8 Å². The highest BCUT2D eigenvalue weighted by Gasteiger charge is 2.13. The predicted octanol–water partition coefficient (Wildman–Crippen LogP) is 1.58. The van der Waals surface area contributed by atoms with Gasteiger partial charge in [-0.05, 0) is 44.1 Å². The topological polar surface area (TPSA) is 35.9 Å². The third-order valence-corrected chi connectivity index (χ3v) is 3.78. The van der Waals surface area contributed by atoms with Gasteiger partial charge < -0.3 is 19.6 Å². The second-order valence-electron chi connectivity index (χ2n) is 5.25. The summed E-state index contributed by atoms with van der Waals surface area (Å²) >= 11 is 0. The van der Waals surface area contributed by atoms with Gasteiger partial charge in [0, 0.05) is 26.2 Å². The SMILES string of the molecule is COc1cc(CCCN2CCN(C)CC2)ccc1O. The summed E-state index contributed by atoms with van der Waals surface area (Å²) in [4.78, 5) is 4.90. The lowest BCUT2D eigenvalue weighted by Gasteiger charge is -2.32. The van der Waals surface area contributed by atoms with Gasteiger partial charge in [0.2, 0.25) is 0 Å². The van der Waals surface area contributed by atoms with E-state index in [0.29, 0.717) is 5.75 Å². The van der Waals surface area contributed by atoms with Crippen molar-refractivity contribution in [3.8, 4) is 11.5 Å². The molecule has 0 aliphatic carbocycles. The van der Waals surface area contributed by atoms with E-state index in [0.717, 1.165) is 19.4 Å². The van der Waals surface area contributed by atoms with Gasteiger partial charge in [0.05, 0.1) is 7.11 Å². The Hall–Kier alpha value is -1.26. The highest BCUT2D eigenvalue weighted by molar-refractivity contribution is 5.41. The van der Waals surface area contributed by atoms with E-state index in [-0.39, 0.29) is 5.75 Å². The lowest BCUT2D eigenvalue weighted by atomic mass is 10.1. The molecule has 0 unspecified atom stereocenters. The van der Waals surface area contributed by atoms with E-state index in [4.69, 9.17) is 4.74 Å². The van der Waals surface area contributed by atoms with Gasteiger partial charge >= 0.3 is 0 Å². The summed E-state index contributed by atoms with van der Waals surface area (Å²) in [5, 5.41) is 9.55. The molecule has 1 aliphatic heterocycles. The number of phenols is 1. The van der Waals surface area contributed by atoms with E-state index >= 15 is 0 Å². The first kappa shape index (κ1) is 14.2. The largest absolute Gasteiger partial charge is 0.504 e. The first-order chi connectivity index (χ1) is 9.19. The second kappa shape index (κ2) is 6.78. The Balaban J connectivity index is 1.76. The standard InChI is InChI=1S/C15H24N2O2/c1-16-8-10-17(11-9-16)7-3-4-13-5-6-14(18)15(12-13)19-2/h5-6,12,18H,3-4,7-11H2,1-2H3. The number of aromatic hydroxyl groups is 1. The van der Waals surface area contributed by atoms with Crippen molar-refractivity contribution in [3.05, 3.63) is 23.8 Å². The summed E-state index contributed by atoms with van der Waals surface area (Å²) in [6.07, 6.45) is 2.18. The van der Waals surface area contributed by atoms with Crippen molar-refractivity contribution in [1.29, 1.82) is 0 Å². The van der Waals surface area contributed by atoms with Crippen molar-refractivity contribution in [2.45, 2.75) is 12.8 Å². The van der Waals surface area contributed by atoms with Gasteiger partial charge in [-0.3, -0.25) is 0 Å². The average molecular weight is 264 g/mol. The van der Waals surface area contributed by atoms with Crippen molar-refractivity contribution in [2.75, 3.05) is 46.9 Å². The van der Waals surface area contributed by atoms with Crippen LogP contribution in [0.4, 0.5) is 0 Å². The molecule has 0 saturated carbocycles. The van der Waals surface area contributed by atoms with E-state index in [1.807, 2.05) is 12.1 Å². The summed E-state index contributed by atoms with van der Waals surface area (Å²) < 4.78 is 5.13. The highest BCUT2D eigenvalue weighted by atomic mass is 16.5. The van der Waals surface area contributed by atoms with E-state index in [2.05, 4.69) is 16.8 Å². The maximum Gasteiger partial charge on any atom is 0.160 e. The predicted molar refractivity (Wildman–Crippen MR) is 76.9 cm³/mol. The lowest BCUT2D eigenvalue weighted by Crippen LogP contribution is -2.44. The molecule has 1 heterocycles. The monoisotopic (exact) mass is 264 g/mol. The molecular formula is C15H24N2O2. The number of aryl methyl sites for hydroxylation is 1. The Morgan fingerprint density at radius 2 is 1.95 bits per heavy atom. The third kappa shape index (κ3) is 4.11. The Bertz CT molecular complexity index is 401. The molecule has 1 N–H and O–H groups in total. The van der Waals surface area contributed by atoms with Crippen LogP contribution in [0, 0.1) is 0 Å². The molecule has 19 heavy (non-hydrogen) atoms. The molecule has 0 bridgehead atoms. The van der Waals surface area contributed by atoms with Crippen LogP contribution in [0.1, 0.15) is 12.0 Å². The number of phenolic OH excluding ortho intramolecular Hbond substituents is 1. The molecule has 0 aromatic heterocycles. The van der Waals surface area contributed by atoms with Crippen molar-refractivity contribution in [2.24, 2.45) is 0 Å². The molecule has 4 nitrogen and oxygen atoms in total. The zero-order valence-electron chi connectivity index (χ0n) is 11.9. The van der Waals surface area contributed by atoms with E-state index < -0.39 is 0 Å². The number of methoxy groups -OCH3 is 1. The smallest absolute Gasteiger partial charge is 0.160 e. The highest BCUT2D eigenvalue weighted by Crippen LogP contribution is 2.26. The van der Waals surface area contributed by atoms with Crippen LogP contribution < -0.4 is 4.74 Å². The summed E-state index contributed by atoms with van der Waals surface area (Å²) in [5.74, 6) is 0.780. The minimum Gasteiger partial charge on any atom is -0.504 e. The molecule has 1 saturated heterocycles. The Morgan fingerprint density at radius 3 is 2.63 bits per heavy atom. The van der Waals surface area contributed by atoms with Crippen LogP contribution in [0.25, 0.3) is 0 Å². The fraction of sp³-hybridized carbons (Fsp3) is 0.600. The number of likely N-dealkylation sites (N-methyl/N-ethyl adjacent to an activating group) is 1. The maximum absolute atomic E-state index is 9.55. The van der Waals surface area contributed by atoms with Crippen LogP contribution in [0.15, 0.2) is 18.2 Å². The molecule has 1 aromatic rings. The Kier molecular flexibility index (Phi) is 5.05. The van der Waals surface area contributed by atoms with Gasteiger partial charge in [-0.15, -0.1) is 0 Å². The number of benzene rings is 1. The molecule has 106 valence electrons. The number of hydrogen-bond acceptors (Lipinski definition) is 4. The minimum atomic E-state index is 0.213. The van der Waals surface area contributed by atoms with E-state index in [1.54, 1.807) is 13.2 Å². The first-order valence-corrected chi connectivity index (χ1v) is 6.96. The third-order valence-electron chi connectivity index (χ3n) is 3.78. The van der Waals surface area contributed by atoms with E-state index in [1.165, 1.54) is 31.7 Å². The van der Waals surface area contributed by atoms with Crippen LogP contribution >= 0.6 is 0 Å². The number of ether oxygens (including phenoxy) is 1. The average Bonchev–Trinajstić information content (AvgIpc) is 2.43. The van der Waals surface area contributed by atoms with Crippen molar-refractivity contribution >= 4 is 0 Å². The van der Waals surface area contributed by atoms with Gasteiger partial charge in [0.1, 0.15) is 0 Å². The summed E-state index contributed by atoms with van der Waals surface area (Å²) in [7, 11) is 3.77. The number of hydrogen-bond donors (Lipinski definition) is 1. The van der Waals surface area contributed by atoms with Gasteiger partial charge in [0.25, 0.3) is 0 Å². The number of piperazine rings is 1. The summed E-state index contributed by atoms with van der Waals surface area (Å²) in [6, 6.07) is 5.62. The van der Waals surface area contributed by atoms with Crippen LogP contribution in [0.5, 0.6) is 11.5 Å². The second-order valence-corrected chi connectivity index (χ2v) is 5.25. The quantitative estimate of drug-likeness (QED) is 0.876. The van der Waals surface area contributed by atoms with Crippen molar-refractivity contribution in [1.82, 2.24) is 9.80 Å². The molecule has 2 rings (SSSR count). The van der Waals surface area contributed by atoms with Crippen LogP contribution in [0.2, 0.25) is 0 Å². The molecular weight excluding hydrogens is 240 g/mol. The Labute approximate surface area is 115 Å². The molecule has 1 aliphatic rings. The first-order valence-electron chi connectivity index (χ1n) is 6.96. The van der Waals surface area contributed by atoms with Gasteiger partial charge in [-0.1, -0.05) is 6.07 Å². The molecule has 4 heteroatoms. The number of rotatable bonds is 5. The maximum atomic E-state index is 9.55. The Morgan fingerprint density at radius 1 is 1.21 bits per heavy atom. The molecule has 1 fully saturated rings. The molecule has 0 spiro atoms. The van der Waals surface area contributed by atoms with Crippen molar-refractivity contribution in [3.63, 3.8) is 0 Å². The summed E-state index contributed by atoms with van der Waals surface area (Å²) in [6.45, 7) is 5.85. The summed E-state index contributed by atoms with van der Waals surface area (Å²) in [5.41, 5.74) is 1.23. The van der Waals surface area contributed by atoms with E-state index in [9.17, 15) is 5.11 Å². The molecule has 0 atom stereocenters. The van der Waals surface area contributed by atoms with Crippen LogP contribution in [0.3, 0.4) is 0 Å². The minimum absolute atomic E-state index is 0.213. The fourth-order valence-corrected chi connectivity index (χ4v) is 2.46. The number of nitrogens with zero attached hydrogens (tertiary/aromatic N) is 2. The zero-order chi connectivity index (χ0) is 13.7. The van der Waals surface area contributed by atoms with Gasteiger partial charge in [-0.2, -0.15) is 0 Å². The van der Waals surface area contributed by atoms with Crippen molar-refractivity contribution < 1.29 is 9.84 Å². The molecule has 0 amide bonds. The van der Waals surface area contributed by atoms with Gasteiger partial charge in [0.15, 0.2) is 11.5 Å². The fourth-order valence-electron chi connectivity index (χ4n) is 2.46. The molecule has 0 radical (unpaired) electrons. The normalized spacial score (nSPS) is 17.6. The van der Waals surface area contributed by atoms with Gasteiger partial charge in [-0.25, -0.2) is 0 Å². The molecule has 1 aromatic carbocycles. The lowest BCUT2D eigenvalue weighted by molar-refractivity contribution is 0.153.